The van der Waals surface area contributed by atoms with Crippen LogP contribution in [0.5, 0.6) is 0 Å². The highest BCUT2D eigenvalue weighted by Crippen LogP contribution is 2.27. The first-order chi connectivity index (χ1) is 9.72. The van der Waals surface area contributed by atoms with E-state index in [1.807, 2.05) is 12.1 Å². The minimum atomic E-state index is 0.0782. The van der Waals surface area contributed by atoms with Crippen molar-refractivity contribution in [3.8, 4) is 11.3 Å². The summed E-state index contributed by atoms with van der Waals surface area (Å²) in [6.45, 7) is 1.83. The third kappa shape index (κ3) is 2.69. The second-order valence-corrected chi connectivity index (χ2v) is 5.20. The van der Waals surface area contributed by atoms with Crippen molar-refractivity contribution in [2.75, 3.05) is 11.9 Å². The molecule has 0 aliphatic heterocycles. The Kier molecular flexibility index (Phi) is 3.46. The van der Waals surface area contributed by atoms with Gasteiger partial charge in [-0.1, -0.05) is 12.1 Å². The normalized spacial score (nSPS) is 13.1. The van der Waals surface area contributed by atoms with Crippen LogP contribution >= 0.6 is 0 Å². The Morgan fingerprint density at radius 2 is 2.00 bits per heavy atom. The summed E-state index contributed by atoms with van der Waals surface area (Å²) in [4.78, 5) is 10.9. The number of nitrogens with one attached hydrogen (secondary N) is 1. The molecule has 4 heteroatoms. The van der Waals surface area contributed by atoms with Gasteiger partial charge in [-0.05, 0) is 55.5 Å². The van der Waals surface area contributed by atoms with Gasteiger partial charge in [-0.25, -0.2) is 0 Å². The fourth-order valence-electron chi connectivity index (χ4n) is 2.53. The molecule has 0 radical (unpaired) electrons. The summed E-state index contributed by atoms with van der Waals surface area (Å²) in [5, 5.41) is 11.3. The van der Waals surface area contributed by atoms with Gasteiger partial charge in [-0.2, -0.15) is 0 Å². The summed E-state index contributed by atoms with van der Waals surface area (Å²) < 4.78 is 0. The van der Waals surface area contributed by atoms with Gasteiger partial charge in [0.1, 0.15) is 11.6 Å². The topological polar surface area (TPSA) is 54.9 Å². The first-order valence-corrected chi connectivity index (χ1v) is 6.91. The van der Waals surface area contributed by atoms with E-state index in [2.05, 4.69) is 33.7 Å². The Morgan fingerprint density at radius 1 is 1.15 bits per heavy atom. The molecule has 1 aromatic carbocycles. The van der Waals surface area contributed by atoms with E-state index >= 15 is 0 Å². The first-order valence-electron chi connectivity index (χ1n) is 6.91. The minimum absolute atomic E-state index is 0.0782. The number of hydrogen-bond donors (Lipinski definition) is 1. The number of carbonyl (C=O) groups excluding carboxylic acids is 1. The Balaban J connectivity index is 1.79. The summed E-state index contributed by atoms with van der Waals surface area (Å²) in [5.74, 6) is 0.708. The number of benzene rings is 1. The molecule has 1 aliphatic rings. The van der Waals surface area contributed by atoms with Gasteiger partial charge in [0.2, 0.25) is 0 Å². The van der Waals surface area contributed by atoms with E-state index < -0.39 is 0 Å². The molecule has 0 bridgehead atoms. The van der Waals surface area contributed by atoms with Crippen LogP contribution in [0.1, 0.15) is 24.5 Å². The van der Waals surface area contributed by atoms with Crippen LogP contribution in [0.3, 0.4) is 0 Å². The van der Waals surface area contributed by atoms with E-state index in [1.165, 1.54) is 24.0 Å². The van der Waals surface area contributed by atoms with E-state index in [-0.39, 0.29) is 12.3 Å². The molecule has 0 saturated carbocycles. The third-order valence-corrected chi connectivity index (χ3v) is 3.58. The molecule has 0 fully saturated rings. The molecule has 0 spiro atoms. The third-order valence-electron chi connectivity index (χ3n) is 3.58. The number of aromatic nitrogens is 2. The lowest BCUT2D eigenvalue weighted by Crippen LogP contribution is -2.11. The van der Waals surface area contributed by atoms with Gasteiger partial charge in [0.25, 0.3) is 0 Å². The van der Waals surface area contributed by atoms with Crippen molar-refractivity contribution in [3.63, 3.8) is 0 Å². The Labute approximate surface area is 118 Å². The summed E-state index contributed by atoms with van der Waals surface area (Å²) in [7, 11) is 0. The smallest absolute Gasteiger partial charge is 0.149 e. The molecule has 0 saturated heterocycles. The van der Waals surface area contributed by atoms with Gasteiger partial charge in [-0.15, -0.1) is 10.2 Å². The lowest BCUT2D eigenvalue weighted by atomic mass is 10.0. The maximum Gasteiger partial charge on any atom is 0.149 e. The number of aryl methyl sites for hydroxylation is 2. The van der Waals surface area contributed by atoms with Gasteiger partial charge >= 0.3 is 0 Å². The highest BCUT2D eigenvalue weighted by atomic mass is 16.1. The van der Waals surface area contributed by atoms with Crippen LogP contribution in [-0.2, 0) is 17.6 Å². The lowest BCUT2D eigenvalue weighted by molar-refractivity contribution is -0.115. The molecule has 1 N–H and O–H groups in total. The number of carbonyl (C=O) groups is 1. The molecule has 20 heavy (non-hydrogen) atoms. The maximum atomic E-state index is 10.9. The molecule has 3 rings (SSSR count). The largest absolute Gasteiger partial charge is 0.362 e. The van der Waals surface area contributed by atoms with E-state index in [9.17, 15) is 4.79 Å². The fraction of sp³-hybridized carbons (Fsp3) is 0.312. The van der Waals surface area contributed by atoms with Crippen molar-refractivity contribution in [1.29, 1.82) is 0 Å². The molecule has 102 valence electrons. The summed E-state index contributed by atoms with van der Waals surface area (Å²) in [5.41, 5.74) is 4.87. The molecule has 2 aromatic rings. The maximum absolute atomic E-state index is 10.9. The van der Waals surface area contributed by atoms with Crippen molar-refractivity contribution in [2.45, 2.75) is 26.2 Å². The Hall–Kier alpha value is -2.23. The summed E-state index contributed by atoms with van der Waals surface area (Å²) >= 11 is 0. The predicted molar refractivity (Wildman–Crippen MR) is 78.7 cm³/mol. The molecule has 0 amide bonds. The number of nitrogens with zero attached hydrogens (tertiary/aromatic N) is 2. The van der Waals surface area contributed by atoms with Crippen molar-refractivity contribution in [1.82, 2.24) is 10.2 Å². The molecule has 1 aliphatic carbocycles. The van der Waals surface area contributed by atoms with E-state index in [0.29, 0.717) is 5.82 Å². The first kappa shape index (κ1) is 12.8. The van der Waals surface area contributed by atoms with Gasteiger partial charge in [0, 0.05) is 5.56 Å². The van der Waals surface area contributed by atoms with Gasteiger partial charge in [0.15, 0.2) is 0 Å². The predicted octanol–water partition coefficient (Wildman–Crippen LogP) is 2.63. The number of rotatable bonds is 4. The minimum Gasteiger partial charge on any atom is -0.362 e. The van der Waals surface area contributed by atoms with Crippen LogP contribution in [0.4, 0.5) is 5.82 Å². The zero-order chi connectivity index (χ0) is 13.9. The van der Waals surface area contributed by atoms with E-state index in [0.717, 1.165) is 17.7 Å². The number of ketones is 1. The van der Waals surface area contributed by atoms with Crippen LogP contribution in [0.25, 0.3) is 11.3 Å². The zero-order valence-corrected chi connectivity index (χ0v) is 11.5. The molecule has 0 unspecified atom stereocenters. The van der Waals surface area contributed by atoms with Gasteiger partial charge in [-0.3, -0.25) is 4.79 Å². The summed E-state index contributed by atoms with van der Waals surface area (Å²) in [6.07, 6.45) is 3.60. The fourth-order valence-corrected chi connectivity index (χ4v) is 2.53. The molecular formula is C16H17N3O. The number of hydrogen-bond acceptors (Lipinski definition) is 4. The van der Waals surface area contributed by atoms with E-state index in [4.69, 9.17) is 0 Å². The average molecular weight is 267 g/mol. The monoisotopic (exact) mass is 267 g/mol. The van der Waals surface area contributed by atoms with Crippen LogP contribution in [0, 0.1) is 0 Å². The summed E-state index contributed by atoms with van der Waals surface area (Å²) in [6, 6.07) is 10.3. The number of fused-ring (bicyclic) bond motifs is 1. The van der Waals surface area contributed by atoms with Crippen molar-refractivity contribution >= 4 is 11.6 Å². The SMILES string of the molecule is CC(=O)CNc1ccc(-c2ccc3c(c2)CCC3)nn1. The molecular weight excluding hydrogens is 250 g/mol. The Morgan fingerprint density at radius 3 is 2.75 bits per heavy atom. The number of Topliss-reactive ketones (excluding diaryl/α,β-unsaturated/α-hetero) is 1. The van der Waals surface area contributed by atoms with Gasteiger partial charge < -0.3 is 5.32 Å². The highest BCUT2D eigenvalue weighted by molar-refractivity contribution is 5.80. The van der Waals surface area contributed by atoms with Crippen molar-refractivity contribution < 1.29 is 4.79 Å². The van der Waals surface area contributed by atoms with Crippen LogP contribution < -0.4 is 5.32 Å². The van der Waals surface area contributed by atoms with Crippen LogP contribution in [-0.4, -0.2) is 22.5 Å². The van der Waals surface area contributed by atoms with Gasteiger partial charge in [0.05, 0.1) is 12.2 Å². The number of anilines is 1. The van der Waals surface area contributed by atoms with Crippen LogP contribution in [0.2, 0.25) is 0 Å². The molecule has 0 atom stereocenters. The highest BCUT2D eigenvalue weighted by Gasteiger charge is 2.12. The molecule has 1 heterocycles. The quantitative estimate of drug-likeness (QED) is 0.925. The molecule has 4 nitrogen and oxygen atoms in total. The van der Waals surface area contributed by atoms with Crippen LogP contribution in [0.15, 0.2) is 30.3 Å². The molecule has 1 aromatic heterocycles. The van der Waals surface area contributed by atoms with E-state index in [1.54, 1.807) is 6.92 Å². The van der Waals surface area contributed by atoms with Crippen molar-refractivity contribution in [2.24, 2.45) is 0 Å². The lowest BCUT2D eigenvalue weighted by Gasteiger charge is -2.06. The second-order valence-electron chi connectivity index (χ2n) is 5.20. The Bertz CT molecular complexity index is 635. The zero-order valence-electron chi connectivity index (χ0n) is 11.5. The standard InChI is InChI=1S/C16H17N3O/c1-11(20)10-17-16-8-7-15(18-19-16)14-6-5-12-3-2-4-13(12)9-14/h5-9H,2-4,10H2,1H3,(H,17,19). The average Bonchev–Trinajstić information content (AvgIpc) is 2.93. The van der Waals surface area contributed by atoms with Crippen molar-refractivity contribution in [3.05, 3.63) is 41.5 Å². The second kappa shape index (κ2) is 5.41.